The molecule has 9 heteroatoms. The van der Waals surface area contributed by atoms with Gasteiger partial charge in [-0.05, 0) is 51.0 Å². The summed E-state index contributed by atoms with van der Waals surface area (Å²) < 4.78 is 4.80. The number of pyridine rings is 2. The second kappa shape index (κ2) is 8.98. The van der Waals surface area contributed by atoms with Gasteiger partial charge in [-0.25, -0.2) is 19.0 Å². The number of nitrogens with zero attached hydrogens (tertiary/aromatic N) is 6. The third-order valence-corrected chi connectivity index (χ3v) is 6.67. The van der Waals surface area contributed by atoms with Crippen molar-refractivity contribution < 1.29 is 4.79 Å². The van der Waals surface area contributed by atoms with Crippen molar-refractivity contribution in [3.63, 3.8) is 0 Å². The molecule has 3 aromatic heterocycles. The van der Waals surface area contributed by atoms with Crippen molar-refractivity contribution >= 4 is 16.9 Å². The van der Waals surface area contributed by atoms with Crippen LogP contribution in [0.3, 0.4) is 0 Å². The Morgan fingerprint density at radius 1 is 1.11 bits per heavy atom. The van der Waals surface area contributed by atoms with E-state index >= 15 is 0 Å². The minimum Gasteiger partial charge on any atom is -0.338 e. The van der Waals surface area contributed by atoms with Crippen LogP contribution in [0.4, 0.5) is 0 Å². The van der Waals surface area contributed by atoms with Crippen molar-refractivity contribution in [1.82, 2.24) is 28.8 Å². The molecule has 0 aliphatic carbocycles. The predicted molar refractivity (Wildman–Crippen MR) is 133 cm³/mol. The Morgan fingerprint density at radius 2 is 1.89 bits per heavy atom. The zero-order valence-electron chi connectivity index (χ0n) is 20.1. The molecule has 35 heavy (non-hydrogen) atoms. The first-order valence-electron chi connectivity index (χ1n) is 11.9. The number of piperidine rings is 1. The number of hydrogen-bond acceptors (Lipinski definition) is 5. The third-order valence-electron chi connectivity index (χ3n) is 6.67. The second-order valence-corrected chi connectivity index (χ2v) is 9.01. The van der Waals surface area contributed by atoms with E-state index in [1.165, 1.54) is 4.68 Å². The Hall–Kier alpha value is -4.01. The van der Waals surface area contributed by atoms with E-state index in [2.05, 4.69) is 10.1 Å². The molecule has 1 saturated heterocycles. The van der Waals surface area contributed by atoms with Gasteiger partial charge in [0.05, 0.1) is 11.1 Å². The fourth-order valence-electron chi connectivity index (χ4n) is 4.86. The van der Waals surface area contributed by atoms with Gasteiger partial charge in [0.2, 0.25) is 5.43 Å². The van der Waals surface area contributed by atoms with E-state index in [1.807, 2.05) is 48.7 Å². The zero-order valence-corrected chi connectivity index (χ0v) is 20.1. The Labute approximate surface area is 202 Å². The number of amides is 1. The highest BCUT2D eigenvalue weighted by Crippen LogP contribution is 2.27. The van der Waals surface area contributed by atoms with E-state index in [0.29, 0.717) is 36.5 Å². The van der Waals surface area contributed by atoms with Gasteiger partial charge < -0.3 is 9.47 Å². The van der Waals surface area contributed by atoms with Crippen molar-refractivity contribution in [1.29, 1.82) is 0 Å². The number of hydrogen-bond donors (Lipinski definition) is 0. The Morgan fingerprint density at radius 3 is 2.63 bits per heavy atom. The topological polar surface area (TPSA) is 95.0 Å². The van der Waals surface area contributed by atoms with Crippen LogP contribution < -0.4 is 11.1 Å². The average Bonchev–Trinajstić information content (AvgIpc) is 3.18. The van der Waals surface area contributed by atoms with Crippen LogP contribution in [-0.2, 0) is 13.6 Å². The lowest BCUT2D eigenvalue weighted by atomic mass is 9.96. The van der Waals surface area contributed by atoms with Gasteiger partial charge in [-0.2, -0.15) is 5.10 Å². The SMILES string of the molecule is CCn1cc(C(=O)N2CCCC(c3nn(C)c(=O)n3-c3ccccc3)C2)c(=O)c2ccc(C)nc21. The number of likely N-dealkylation sites (tertiary alicyclic amines) is 1. The molecule has 4 aromatic rings. The molecule has 0 radical (unpaired) electrons. The summed E-state index contributed by atoms with van der Waals surface area (Å²) in [6.07, 6.45) is 3.18. The van der Waals surface area contributed by atoms with Gasteiger partial charge in [0, 0.05) is 44.5 Å². The van der Waals surface area contributed by atoms with Crippen molar-refractivity contribution in [2.75, 3.05) is 13.1 Å². The van der Waals surface area contributed by atoms with Gasteiger partial charge in [0.15, 0.2) is 0 Å². The number of benzene rings is 1. The summed E-state index contributed by atoms with van der Waals surface area (Å²) in [5, 5.41) is 4.97. The fourth-order valence-corrected chi connectivity index (χ4v) is 4.86. The maximum absolute atomic E-state index is 13.6. The third kappa shape index (κ3) is 3.96. The number of aryl methyl sites for hydroxylation is 3. The molecule has 0 saturated carbocycles. The maximum Gasteiger partial charge on any atom is 0.350 e. The minimum atomic E-state index is -0.302. The molecule has 1 fully saturated rings. The predicted octanol–water partition coefficient (Wildman–Crippen LogP) is 2.63. The molecule has 1 aromatic carbocycles. The molecule has 4 heterocycles. The van der Waals surface area contributed by atoms with E-state index in [1.54, 1.807) is 34.8 Å². The lowest BCUT2D eigenvalue weighted by Crippen LogP contribution is -2.42. The van der Waals surface area contributed by atoms with Gasteiger partial charge in [0.1, 0.15) is 17.0 Å². The molecule has 1 amide bonds. The highest BCUT2D eigenvalue weighted by Gasteiger charge is 2.31. The first kappa shape index (κ1) is 22.8. The van der Waals surface area contributed by atoms with E-state index < -0.39 is 0 Å². The quantitative estimate of drug-likeness (QED) is 0.455. The lowest BCUT2D eigenvalue weighted by molar-refractivity contribution is 0.0702. The van der Waals surface area contributed by atoms with Crippen molar-refractivity contribution in [3.8, 4) is 5.69 Å². The summed E-state index contributed by atoms with van der Waals surface area (Å²) in [6, 6.07) is 12.9. The van der Waals surface area contributed by atoms with E-state index in [0.717, 1.165) is 24.2 Å². The molecule has 0 spiro atoms. The summed E-state index contributed by atoms with van der Waals surface area (Å²) >= 11 is 0. The largest absolute Gasteiger partial charge is 0.350 e. The first-order chi connectivity index (χ1) is 16.9. The van der Waals surface area contributed by atoms with Gasteiger partial charge in [0.25, 0.3) is 5.91 Å². The van der Waals surface area contributed by atoms with E-state index in [4.69, 9.17) is 0 Å². The maximum atomic E-state index is 13.6. The van der Waals surface area contributed by atoms with Crippen molar-refractivity contribution in [2.24, 2.45) is 7.05 Å². The molecule has 180 valence electrons. The molecule has 5 rings (SSSR count). The van der Waals surface area contributed by atoms with Crippen LogP contribution in [0, 0.1) is 6.92 Å². The van der Waals surface area contributed by atoms with Crippen LogP contribution in [0.25, 0.3) is 16.7 Å². The van der Waals surface area contributed by atoms with Crippen LogP contribution in [-0.4, -0.2) is 47.8 Å². The van der Waals surface area contributed by atoms with Crippen molar-refractivity contribution in [3.05, 3.63) is 86.5 Å². The summed E-state index contributed by atoms with van der Waals surface area (Å²) in [7, 11) is 1.63. The molecule has 1 aliphatic heterocycles. The number of aromatic nitrogens is 5. The van der Waals surface area contributed by atoms with Gasteiger partial charge in [-0.15, -0.1) is 0 Å². The number of carbonyl (C=O) groups is 1. The molecule has 1 atom stereocenters. The molecule has 1 aliphatic rings. The zero-order chi connectivity index (χ0) is 24.7. The van der Waals surface area contributed by atoms with Gasteiger partial charge >= 0.3 is 5.69 Å². The fraction of sp³-hybridized carbons (Fsp3) is 0.346. The monoisotopic (exact) mass is 472 g/mol. The van der Waals surface area contributed by atoms with E-state index in [-0.39, 0.29) is 28.5 Å². The highest BCUT2D eigenvalue weighted by molar-refractivity contribution is 5.97. The molecule has 9 nitrogen and oxygen atoms in total. The molecular weight excluding hydrogens is 444 g/mol. The highest BCUT2D eigenvalue weighted by atomic mass is 16.2. The van der Waals surface area contributed by atoms with Gasteiger partial charge in [-0.1, -0.05) is 18.2 Å². The summed E-state index contributed by atoms with van der Waals surface area (Å²) in [5.41, 5.74) is 1.77. The Balaban J connectivity index is 1.51. The van der Waals surface area contributed by atoms with Crippen LogP contribution in [0.2, 0.25) is 0 Å². The number of rotatable bonds is 4. The summed E-state index contributed by atoms with van der Waals surface area (Å²) in [6.45, 7) is 5.37. The molecule has 1 unspecified atom stereocenters. The Bertz CT molecular complexity index is 1530. The Kier molecular flexibility index (Phi) is 5.84. The van der Waals surface area contributed by atoms with Crippen LogP contribution >= 0.6 is 0 Å². The second-order valence-electron chi connectivity index (χ2n) is 9.01. The lowest BCUT2D eigenvalue weighted by Gasteiger charge is -2.32. The average molecular weight is 473 g/mol. The standard InChI is InChI=1S/C26H28N6O3/c1-4-30-16-21(22(33)20-13-12-17(2)27-24(20)30)25(34)31-14-8-9-18(15-31)23-28-29(3)26(35)32(23)19-10-6-5-7-11-19/h5-7,10-13,16,18H,4,8-9,14-15H2,1-3H3. The molecule has 0 bridgehead atoms. The number of fused-ring (bicyclic) bond motifs is 1. The van der Waals surface area contributed by atoms with Gasteiger partial charge in [-0.3, -0.25) is 9.59 Å². The molecular formula is C26H28N6O3. The van der Waals surface area contributed by atoms with Crippen LogP contribution in [0.15, 0.2) is 58.3 Å². The molecule has 0 N–H and O–H groups in total. The van der Waals surface area contributed by atoms with Crippen molar-refractivity contribution in [2.45, 2.75) is 39.2 Å². The first-order valence-corrected chi connectivity index (χ1v) is 11.9. The summed E-state index contributed by atoms with van der Waals surface area (Å²) in [5.74, 6) is 0.208. The smallest absolute Gasteiger partial charge is 0.338 e. The number of para-hydroxylation sites is 1. The van der Waals surface area contributed by atoms with Crippen LogP contribution in [0.1, 0.15) is 47.6 Å². The van der Waals surface area contributed by atoms with E-state index in [9.17, 15) is 14.4 Å². The number of carbonyl (C=O) groups excluding carboxylic acids is 1. The summed E-state index contributed by atoms with van der Waals surface area (Å²) in [4.78, 5) is 46.0. The van der Waals surface area contributed by atoms with Crippen LogP contribution in [0.5, 0.6) is 0 Å². The normalized spacial score (nSPS) is 16.1. The minimum absolute atomic E-state index is 0.125.